The second kappa shape index (κ2) is 9.32. The fourth-order valence-electron chi connectivity index (χ4n) is 2.18. The summed E-state index contributed by atoms with van der Waals surface area (Å²) >= 11 is 0. The Balaban J connectivity index is 1.80. The van der Waals surface area contributed by atoms with Crippen molar-refractivity contribution in [2.45, 2.75) is 6.42 Å². The third kappa shape index (κ3) is 5.84. The second-order valence-electron chi connectivity index (χ2n) is 5.26. The molecular weight excluding hydrogens is 322 g/mol. The van der Waals surface area contributed by atoms with Crippen molar-refractivity contribution in [1.82, 2.24) is 5.32 Å². The SMILES string of the molecule is COc1cc(OC)cc(C(=O)OCC(=O)NCCc2ccccc2)c1. The number of nitrogens with one attached hydrogen (secondary N) is 1. The van der Waals surface area contributed by atoms with Crippen LogP contribution in [0.3, 0.4) is 0 Å². The van der Waals surface area contributed by atoms with Crippen molar-refractivity contribution < 1.29 is 23.8 Å². The van der Waals surface area contributed by atoms with Crippen LogP contribution in [0.2, 0.25) is 0 Å². The summed E-state index contributed by atoms with van der Waals surface area (Å²) in [6.07, 6.45) is 0.716. The van der Waals surface area contributed by atoms with Crippen molar-refractivity contribution in [2.24, 2.45) is 0 Å². The normalized spacial score (nSPS) is 10.0. The summed E-state index contributed by atoms with van der Waals surface area (Å²) in [6.45, 7) is 0.139. The Labute approximate surface area is 146 Å². The monoisotopic (exact) mass is 343 g/mol. The molecule has 25 heavy (non-hydrogen) atoms. The van der Waals surface area contributed by atoms with E-state index in [1.54, 1.807) is 6.07 Å². The molecule has 0 radical (unpaired) electrons. The molecule has 2 aromatic carbocycles. The predicted octanol–water partition coefficient (Wildman–Crippen LogP) is 2.22. The predicted molar refractivity (Wildman–Crippen MR) is 93.0 cm³/mol. The molecule has 1 N–H and O–H groups in total. The minimum absolute atomic E-state index is 0.258. The van der Waals surface area contributed by atoms with Crippen LogP contribution >= 0.6 is 0 Å². The Hall–Kier alpha value is -3.02. The van der Waals surface area contributed by atoms with Crippen molar-refractivity contribution in [2.75, 3.05) is 27.4 Å². The molecule has 1 amide bonds. The number of carbonyl (C=O) groups is 2. The molecule has 2 aromatic rings. The summed E-state index contributed by atoms with van der Waals surface area (Å²) in [6, 6.07) is 14.5. The Morgan fingerprint density at radius 1 is 0.960 bits per heavy atom. The van der Waals surface area contributed by atoms with Gasteiger partial charge in [-0.05, 0) is 24.1 Å². The summed E-state index contributed by atoms with van der Waals surface area (Å²) in [5.41, 5.74) is 1.39. The van der Waals surface area contributed by atoms with Crippen LogP contribution in [0.25, 0.3) is 0 Å². The fourth-order valence-corrected chi connectivity index (χ4v) is 2.18. The van der Waals surface area contributed by atoms with Crippen molar-refractivity contribution >= 4 is 11.9 Å². The average molecular weight is 343 g/mol. The summed E-state index contributed by atoms with van der Waals surface area (Å²) in [5, 5.41) is 2.72. The van der Waals surface area contributed by atoms with Gasteiger partial charge in [0.1, 0.15) is 11.5 Å². The minimum Gasteiger partial charge on any atom is -0.497 e. The first-order chi connectivity index (χ1) is 12.1. The van der Waals surface area contributed by atoms with Crippen LogP contribution in [0.5, 0.6) is 11.5 Å². The summed E-state index contributed by atoms with van der Waals surface area (Å²) in [5.74, 6) is -0.0215. The van der Waals surface area contributed by atoms with Crippen LogP contribution in [0, 0.1) is 0 Å². The molecule has 0 aliphatic carbocycles. The van der Waals surface area contributed by atoms with E-state index in [-0.39, 0.29) is 18.1 Å². The van der Waals surface area contributed by atoms with Crippen LogP contribution in [-0.4, -0.2) is 39.2 Å². The third-order valence-electron chi connectivity index (χ3n) is 3.50. The van der Waals surface area contributed by atoms with Crippen molar-refractivity contribution in [3.05, 3.63) is 59.7 Å². The van der Waals surface area contributed by atoms with Gasteiger partial charge >= 0.3 is 5.97 Å². The lowest BCUT2D eigenvalue weighted by atomic mass is 10.1. The molecule has 0 heterocycles. The highest BCUT2D eigenvalue weighted by Crippen LogP contribution is 2.22. The van der Waals surface area contributed by atoms with Crippen molar-refractivity contribution in [3.8, 4) is 11.5 Å². The standard InChI is InChI=1S/C19H21NO5/c1-23-16-10-15(11-17(12-16)24-2)19(22)25-13-18(21)20-9-8-14-6-4-3-5-7-14/h3-7,10-12H,8-9,13H2,1-2H3,(H,20,21). The largest absolute Gasteiger partial charge is 0.497 e. The van der Waals surface area contributed by atoms with Gasteiger partial charge in [-0.2, -0.15) is 0 Å². The quantitative estimate of drug-likeness (QED) is 0.744. The van der Waals surface area contributed by atoms with E-state index in [1.807, 2.05) is 30.3 Å². The molecule has 0 aromatic heterocycles. The molecule has 6 heteroatoms. The van der Waals surface area contributed by atoms with Crippen molar-refractivity contribution in [3.63, 3.8) is 0 Å². The van der Waals surface area contributed by atoms with Gasteiger partial charge in [0.05, 0.1) is 19.8 Å². The van der Waals surface area contributed by atoms with E-state index in [1.165, 1.54) is 26.4 Å². The lowest BCUT2D eigenvalue weighted by Crippen LogP contribution is -2.30. The van der Waals surface area contributed by atoms with Gasteiger partial charge in [-0.1, -0.05) is 30.3 Å². The highest BCUT2D eigenvalue weighted by atomic mass is 16.5. The molecular formula is C19H21NO5. The number of esters is 1. The number of amides is 1. The molecule has 0 saturated carbocycles. The average Bonchev–Trinajstić information content (AvgIpc) is 2.66. The van der Waals surface area contributed by atoms with E-state index < -0.39 is 5.97 Å². The van der Waals surface area contributed by atoms with Gasteiger partial charge in [0.15, 0.2) is 6.61 Å². The lowest BCUT2D eigenvalue weighted by Gasteiger charge is -2.09. The third-order valence-corrected chi connectivity index (χ3v) is 3.50. The Morgan fingerprint density at radius 3 is 2.20 bits per heavy atom. The Kier molecular flexibility index (Phi) is 6.83. The summed E-state index contributed by atoms with van der Waals surface area (Å²) in [7, 11) is 2.98. The van der Waals surface area contributed by atoms with Crippen molar-refractivity contribution in [1.29, 1.82) is 0 Å². The summed E-state index contributed by atoms with van der Waals surface area (Å²) in [4.78, 5) is 23.8. The topological polar surface area (TPSA) is 73.9 Å². The molecule has 2 rings (SSSR count). The van der Waals surface area contributed by atoms with Crippen LogP contribution in [0.15, 0.2) is 48.5 Å². The molecule has 6 nitrogen and oxygen atoms in total. The van der Waals surface area contributed by atoms with Gasteiger partial charge in [-0.25, -0.2) is 4.79 Å². The van der Waals surface area contributed by atoms with E-state index in [2.05, 4.69) is 5.32 Å². The molecule has 0 aliphatic rings. The number of ether oxygens (including phenoxy) is 3. The van der Waals surface area contributed by atoms with Crippen LogP contribution in [0.1, 0.15) is 15.9 Å². The van der Waals surface area contributed by atoms with E-state index in [9.17, 15) is 9.59 Å². The lowest BCUT2D eigenvalue weighted by molar-refractivity contribution is -0.124. The maximum absolute atomic E-state index is 12.1. The van der Waals surface area contributed by atoms with Crippen LogP contribution in [-0.2, 0) is 16.0 Å². The fraction of sp³-hybridized carbons (Fsp3) is 0.263. The van der Waals surface area contributed by atoms with E-state index in [0.29, 0.717) is 24.5 Å². The smallest absolute Gasteiger partial charge is 0.338 e. The van der Waals surface area contributed by atoms with E-state index in [4.69, 9.17) is 14.2 Å². The maximum atomic E-state index is 12.1. The van der Waals surface area contributed by atoms with Crippen LogP contribution in [0.4, 0.5) is 0 Å². The van der Waals surface area contributed by atoms with Gasteiger partial charge in [-0.3, -0.25) is 4.79 Å². The van der Waals surface area contributed by atoms with Crippen LogP contribution < -0.4 is 14.8 Å². The first kappa shape index (κ1) is 18.3. The number of carbonyl (C=O) groups excluding carboxylic acids is 2. The summed E-state index contributed by atoms with van der Waals surface area (Å²) < 4.78 is 15.2. The minimum atomic E-state index is -0.615. The highest BCUT2D eigenvalue weighted by Gasteiger charge is 2.13. The number of rotatable bonds is 8. The zero-order valence-corrected chi connectivity index (χ0v) is 14.3. The molecule has 0 spiro atoms. The van der Waals surface area contributed by atoms with E-state index >= 15 is 0 Å². The molecule has 0 aliphatic heterocycles. The first-order valence-corrected chi connectivity index (χ1v) is 7.83. The van der Waals surface area contributed by atoms with Gasteiger partial charge in [0, 0.05) is 12.6 Å². The number of methoxy groups -OCH3 is 2. The van der Waals surface area contributed by atoms with E-state index in [0.717, 1.165) is 5.56 Å². The molecule has 0 saturated heterocycles. The zero-order valence-electron chi connectivity index (χ0n) is 14.3. The van der Waals surface area contributed by atoms with Gasteiger partial charge in [0.2, 0.25) is 0 Å². The van der Waals surface area contributed by atoms with Gasteiger partial charge in [0.25, 0.3) is 5.91 Å². The second-order valence-corrected chi connectivity index (χ2v) is 5.26. The molecule has 0 atom stereocenters. The maximum Gasteiger partial charge on any atom is 0.338 e. The molecule has 0 bridgehead atoms. The molecule has 0 fully saturated rings. The first-order valence-electron chi connectivity index (χ1n) is 7.83. The number of benzene rings is 2. The highest BCUT2D eigenvalue weighted by molar-refractivity contribution is 5.92. The Morgan fingerprint density at radius 2 is 1.60 bits per heavy atom. The molecule has 132 valence electrons. The van der Waals surface area contributed by atoms with Gasteiger partial charge < -0.3 is 19.5 Å². The number of hydrogen-bond donors (Lipinski definition) is 1. The number of hydrogen-bond acceptors (Lipinski definition) is 5. The Bertz CT molecular complexity index is 693. The molecule has 0 unspecified atom stereocenters. The van der Waals surface area contributed by atoms with Gasteiger partial charge in [-0.15, -0.1) is 0 Å². The zero-order chi connectivity index (χ0) is 18.1.